The van der Waals surface area contributed by atoms with Crippen molar-refractivity contribution in [1.29, 1.82) is 0 Å². The lowest BCUT2D eigenvalue weighted by Crippen LogP contribution is -2.32. The highest BCUT2D eigenvalue weighted by Gasteiger charge is 2.39. The molecule has 0 spiro atoms. The molecule has 0 saturated heterocycles. The Morgan fingerprint density at radius 2 is 1.67 bits per heavy atom. The first-order chi connectivity index (χ1) is 15.8. The minimum absolute atomic E-state index is 0.0950. The topological polar surface area (TPSA) is 131 Å². The highest BCUT2D eigenvalue weighted by molar-refractivity contribution is 7.92. The minimum Gasteiger partial charge on any atom is -0.497 e. The van der Waals surface area contributed by atoms with Crippen LogP contribution in [0.3, 0.4) is 0 Å². The molecule has 0 saturated carbocycles. The number of hydrogen-bond acceptors (Lipinski definition) is 6. The number of rotatable bonds is 7. The standard InChI is InChI=1S/C23H19N3O6S/c1-32-16-11-9-14(10-12-16)26-33(30,31)17-6-4-5-15(13-17)24-23(29)21(27)20-18-7-2-3-8-19(18)25-22(20)28/h2-13,20,26H,1H3,(H,24,29)(H,25,28). The number of methoxy groups -OCH3 is 1. The van der Waals surface area contributed by atoms with Crippen molar-refractivity contribution in [2.24, 2.45) is 0 Å². The number of sulfonamides is 1. The van der Waals surface area contributed by atoms with E-state index < -0.39 is 33.5 Å². The first-order valence-electron chi connectivity index (χ1n) is 9.80. The fourth-order valence-electron chi connectivity index (χ4n) is 3.41. The molecule has 3 N–H and O–H groups in total. The smallest absolute Gasteiger partial charge is 0.292 e. The lowest BCUT2D eigenvalue weighted by atomic mass is 9.95. The van der Waals surface area contributed by atoms with E-state index in [1.54, 1.807) is 48.5 Å². The molecular formula is C23H19N3O6S. The number of carbonyl (C=O) groups excluding carboxylic acids is 3. The van der Waals surface area contributed by atoms with Gasteiger partial charge in [0.15, 0.2) is 0 Å². The molecule has 1 aliphatic heterocycles. The van der Waals surface area contributed by atoms with E-state index in [9.17, 15) is 22.8 Å². The molecule has 9 nitrogen and oxygen atoms in total. The average molecular weight is 465 g/mol. The predicted molar refractivity (Wildman–Crippen MR) is 122 cm³/mol. The lowest BCUT2D eigenvalue weighted by molar-refractivity contribution is -0.138. The van der Waals surface area contributed by atoms with Crippen LogP contribution >= 0.6 is 0 Å². The second-order valence-electron chi connectivity index (χ2n) is 7.19. The van der Waals surface area contributed by atoms with Crippen LogP contribution in [-0.4, -0.2) is 33.1 Å². The number of hydrogen-bond donors (Lipinski definition) is 3. The fraction of sp³-hybridized carbons (Fsp3) is 0.0870. The van der Waals surface area contributed by atoms with Gasteiger partial charge in [0.05, 0.1) is 12.0 Å². The van der Waals surface area contributed by atoms with E-state index >= 15 is 0 Å². The van der Waals surface area contributed by atoms with Crippen molar-refractivity contribution in [3.05, 3.63) is 78.4 Å². The summed E-state index contributed by atoms with van der Waals surface area (Å²) in [6.07, 6.45) is 0. The number of ketones is 1. The third kappa shape index (κ3) is 4.55. The van der Waals surface area contributed by atoms with Gasteiger partial charge in [0.2, 0.25) is 11.7 Å². The Morgan fingerprint density at radius 3 is 2.39 bits per heavy atom. The van der Waals surface area contributed by atoms with Crippen molar-refractivity contribution in [3.63, 3.8) is 0 Å². The lowest BCUT2D eigenvalue weighted by Gasteiger charge is -2.11. The second kappa shape index (κ2) is 8.75. The number of nitrogens with one attached hydrogen (secondary N) is 3. The molecule has 1 unspecified atom stereocenters. The fourth-order valence-corrected chi connectivity index (χ4v) is 4.51. The molecule has 1 aliphatic rings. The summed E-state index contributed by atoms with van der Waals surface area (Å²) in [6, 6.07) is 18.4. The monoisotopic (exact) mass is 465 g/mol. The highest BCUT2D eigenvalue weighted by Crippen LogP contribution is 2.33. The Morgan fingerprint density at radius 1 is 0.939 bits per heavy atom. The molecule has 3 aromatic rings. The largest absolute Gasteiger partial charge is 0.497 e. The first kappa shape index (κ1) is 22.0. The van der Waals surface area contributed by atoms with Gasteiger partial charge in [-0.15, -0.1) is 0 Å². The van der Waals surface area contributed by atoms with Crippen LogP contribution in [0.5, 0.6) is 5.75 Å². The molecule has 1 heterocycles. The van der Waals surface area contributed by atoms with Crippen molar-refractivity contribution in [2.45, 2.75) is 10.8 Å². The van der Waals surface area contributed by atoms with Gasteiger partial charge in [0, 0.05) is 17.1 Å². The van der Waals surface area contributed by atoms with Crippen LogP contribution in [0.1, 0.15) is 11.5 Å². The van der Waals surface area contributed by atoms with Gasteiger partial charge in [-0.2, -0.15) is 0 Å². The van der Waals surface area contributed by atoms with Crippen LogP contribution in [0.4, 0.5) is 17.1 Å². The van der Waals surface area contributed by atoms with E-state index in [1.807, 2.05) is 0 Å². The summed E-state index contributed by atoms with van der Waals surface area (Å²) in [5, 5.41) is 4.96. The SMILES string of the molecule is COc1ccc(NS(=O)(=O)c2cccc(NC(=O)C(=O)C3C(=O)Nc4ccccc43)c2)cc1. The number of Topliss-reactive ketones (excluding diaryl/α,β-unsaturated/α-hetero) is 1. The van der Waals surface area contributed by atoms with Crippen molar-refractivity contribution < 1.29 is 27.5 Å². The average Bonchev–Trinajstić information content (AvgIpc) is 3.14. The van der Waals surface area contributed by atoms with Gasteiger partial charge >= 0.3 is 0 Å². The Balaban J connectivity index is 1.50. The normalized spacial score (nSPS) is 14.7. The van der Waals surface area contributed by atoms with Crippen LogP contribution in [-0.2, 0) is 24.4 Å². The molecule has 3 aromatic carbocycles. The first-order valence-corrected chi connectivity index (χ1v) is 11.3. The maximum atomic E-state index is 12.7. The Kier molecular flexibility index (Phi) is 5.84. The zero-order valence-electron chi connectivity index (χ0n) is 17.4. The third-order valence-electron chi connectivity index (χ3n) is 5.02. The number of amides is 2. The molecule has 168 valence electrons. The Hall–Kier alpha value is -4.18. The van der Waals surface area contributed by atoms with Crippen LogP contribution < -0.4 is 20.1 Å². The minimum atomic E-state index is -3.97. The summed E-state index contributed by atoms with van der Waals surface area (Å²) < 4.78 is 33.0. The molecule has 0 aromatic heterocycles. The van der Waals surface area contributed by atoms with Gasteiger partial charge in [-0.25, -0.2) is 8.42 Å². The molecule has 0 bridgehead atoms. The van der Waals surface area contributed by atoms with Crippen molar-refractivity contribution in [3.8, 4) is 5.75 Å². The van der Waals surface area contributed by atoms with Crippen molar-refractivity contribution in [1.82, 2.24) is 0 Å². The van der Waals surface area contributed by atoms with E-state index in [4.69, 9.17) is 4.74 Å². The maximum Gasteiger partial charge on any atom is 0.292 e. The summed E-state index contributed by atoms with van der Waals surface area (Å²) in [6.45, 7) is 0. The molecule has 0 radical (unpaired) electrons. The molecule has 1 atom stereocenters. The number of ether oxygens (including phenoxy) is 1. The zero-order chi connectivity index (χ0) is 23.6. The van der Waals surface area contributed by atoms with E-state index in [1.165, 1.54) is 31.4 Å². The summed E-state index contributed by atoms with van der Waals surface area (Å²) in [5.41, 5.74) is 1.32. The summed E-state index contributed by atoms with van der Waals surface area (Å²) in [4.78, 5) is 37.3. The third-order valence-corrected chi connectivity index (χ3v) is 6.40. The number of carbonyl (C=O) groups is 3. The van der Waals surface area contributed by atoms with Crippen molar-refractivity contribution in [2.75, 3.05) is 22.5 Å². The van der Waals surface area contributed by atoms with Gasteiger partial charge in [0.1, 0.15) is 11.7 Å². The molecule has 10 heteroatoms. The number of para-hydroxylation sites is 1. The Bertz CT molecular complexity index is 1350. The molecule has 2 amide bonds. The molecule has 4 rings (SSSR count). The van der Waals surface area contributed by atoms with Crippen LogP contribution in [0.25, 0.3) is 0 Å². The second-order valence-corrected chi connectivity index (χ2v) is 8.87. The number of benzene rings is 3. The molecule has 33 heavy (non-hydrogen) atoms. The molecular weight excluding hydrogens is 446 g/mol. The van der Waals surface area contributed by atoms with E-state index in [2.05, 4.69) is 15.4 Å². The quantitative estimate of drug-likeness (QED) is 0.363. The molecule has 0 fully saturated rings. The summed E-state index contributed by atoms with van der Waals surface area (Å²) in [5.74, 6) is -3.24. The van der Waals surface area contributed by atoms with E-state index in [-0.39, 0.29) is 10.6 Å². The highest BCUT2D eigenvalue weighted by atomic mass is 32.2. The maximum absolute atomic E-state index is 12.7. The number of fused-ring (bicyclic) bond motifs is 1. The van der Waals surface area contributed by atoms with Gasteiger partial charge < -0.3 is 15.4 Å². The summed E-state index contributed by atoms with van der Waals surface area (Å²) >= 11 is 0. The van der Waals surface area contributed by atoms with Crippen LogP contribution in [0.2, 0.25) is 0 Å². The van der Waals surface area contributed by atoms with Crippen LogP contribution in [0.15, 0.2) is 77.7 Å². The molecule has 0 aliphatic carbocycles. The van der Waals surface area contributed by atoms with Gasteiger partial charge in [-0.3, -0.25) is 19.1 Å². The summed E-state index contributed by atoms with van der Waals surface area (Å²) in [7, 11) is -2.47. The Labute approximate surface area is 189 Å². The van der Waals surface area contributed by atoms with E-state index in [0.717, 1.165) is 0 Å². The van der Waals surface area contributed by atoms with Crippen molar-refractivity contribution >= 4 is 44.7 Å². The predicted octanol–water partition coefficient (Wildman–Crippen LogP) is 2.74. The zero-order valence-corrected chi connectivity index (χ0v) is 18.2. The van der Waals surface area contributed by atoms with Crippen LogP contribution in [0, 0.1) is 0 Å². The van der Waals surface area contributed by atoms with Gasteiger partial charge in [-0.05, 0) is 54.1 Å². The number of anilines is 3. The van der Waals surface area contributed by atoms with Gasteiger partial charge in [0.25, 0.3) is 15.9 Å². The van der Waals surface area contributed by atoms with E-state index in [0.29, 0.717) is 22.7 Å². The van der Waals surface area contributed by atoms with Gasteiger partial charge in [-0.1, -0.05) is 24.3 Å².